The van der Waals surface area contributed by atoms with Crippen LogP contribution in [0, 0.1) is 0 Å². The molecule has 0 heterocycles. The number of hydrogen-bond acceptors (Lipinski definition) is 1. The van der Waals surface area contributed by atoms with Gasteiger partial charge in [-0.3, -0.25) is 0 Å². The highest BCUT2D eigenvalue weighted by molar-refractivity contribution is 7.96. The molecule has 0 bridgehead atoms. The summed E-state index contributed by atoms with van der Waals surface area (Å²) < 4.78 is 10.7. The van der Waals surface area contributed by atoms with Crippen LogP contribution in [0.2, 0.25) is 0 Å². The van der Waals surface area contributed by atoms with E-state index in [1.807, 2.05) is 0 Å². The Bertz CT molecular complexity index is 177. The van der Waals surface area contributed by atoms with Crippen molar-refractivity contribution in [3.8, 4) is 0 Å². The minimum Gasteiger partial charge on any atom is -0.247 e. The molecular weight excluding hydrogens is 238 g/mol. The third-order valence-corrected chi connectivity index (χ3v) is 3.45. The Balaban J connectivity index is 4.39. The summed E-state index contributed by atoms with van der Waals surface area (Å²) >= 11 is 20.9. The SMILES string of the molecule is O=S(/C(Cl)=C/Cl)/C(Cl)=C/Cl. The molecule has 1 nitrogen and oxygen atoms in total. The van der Waals surface area contributed by atoms with Crippen molar-refractivity contribution in [3.63, 3.8) is 0 Å². The van der Waals surface area contributed by atoms with Crippen molar-refractivity contribution in [1.82, 2.24) is 0 Å². The van der Waals surface area contributed by atoms with E-state index in [0.29, 0.717) is 0 Å². The van der Waals surface area contributed by atoms with Gasteiger partial charge in [0.15, 0.2) is 0 Å². The number of rotatable bonds is 2. The minimum absolute atomic E-state index is 0.0523. The molecule has 0 N–H and O–H groups in total. The lowest BCUT2D eigenvalue weighted by atomic mass is 11.2. The lowest BCUT2D eigenvalue weighted by Crippen LogP contribution is -1.86. The molecular formula is C4H2Cl4OS. The first-order valence-corrected chi connectivity index (χ1v) is 4.75. The highest BCUT2D eigenvalue weighted by Crippen LogP contribution is 2.20. The fraction of sp³-hybridized carbons (Fsp3) is 0. The molecule has 0 radical (unpaired) electrons. The van der Waals surface area contributed by atoms with E-state index in [4.69, 9.17) is 46.4 Å². The van der Waals surface area contributed by atoms with Gasteiger partial charge in [0.25, 0.3) is 0 Å². The molecule has 0 saturated carbocycles. The molecule has 0 aliphatic carbocycles. The highest BCUT2D eigenvalue weighted by Gasteiger charge is 2.07. The van der Waals surface area contributed by atoms with E-state index in [0.717, 1.165) is 11.1 Å². The van der Waals surface area contributed by atoms with Gasteiger partial charge in [-0.2, -0.15) is 0 Å². The maximum absolute atomic E-state index is 10.8. The smallest absolute Gasteiger partial charge is 0.122 e. The zero-order valence-corrected chi connectivity index (χ0v) is 8.32. The van der Waals surface area contributed by atoms with Crippen molar-refractivity contribution in [2.45, 2.75) is 0 Å². The summed E-state index contributed by atoms with van der Waals surface area (Å²) in [6, 6.07) is 0. The monoisotopic (exact) mass is 238 g/mol. The summed E-state index contributed by atoms with van der Waals surface area (Å²) in [6.07, 6.45) is 0. The van der Waals surface area contributed by atoms with Gasteiger partial charge in [0, 0.05) is 11.1 Å². The van der Waals surface area contributed by atoms with Crippen molar-refractivity contribution >= 4 is 57.2 Å². The number of halogens is 4. The summed E-state index contributed by atoms with van der Waals surface area (Å²) in [5.41, 5.74) is 1.95. The summed E-state index contributed by atoms with van der Waals surface area (Å²) in [5.74, 6) is 0. The van der Waals surface area contributed by atoms with Crippen LogP contribution in [0.3, 0.4) is 0 Å². The second-order valence-corrected chi connectivity index (χ2v) is 4.21. The summed E-state index contributed by atoms with van der Waals surface area (Å²) in [5, 5.41) is 0. The lowest BCUT2D eigenvalue weighted by Gasteiger charge is -1.92. The maximum Gasteiger partial charge on any atom is 0.122 e. The molecule has 0 fully saturated rings. The maximum atomic E-state index is 10.8. The van der Waals surface area contributed by atoms with E-state index >= 15 is 0 Å². The average Bonchev–Trinajstić information content (AvgIpc) is 2.00. The van der Waals surface area contributed by atoms with Gasteiger partial charge in [0.1, 0.15) is 19.5 Å². The van der Waals surface area contributed by atoms with Crippen LogP contribution in [-0.2, 0) is 10.8 Å². The highest BCUT2D eigenvalue weighted by atomic mass is 35.5. The Morgan fingerprint density at radius 2 is 1.40 bits per heavy atom. The van der Waals surface area contributed by atoms with Crippen molar-refractivity contribution < 1.29 is 4.21 Å². The van der Waals surface area contributed by atoms with Crippen LogP contribution < -0.4 is 0 Å². The summed E-state index contributed by atoms with van der Waals surface area (Å²) in [6.45, 7) is 0. The largest absolute Gasteiger partial charge is 0.247 e. The topological polar surface area (TPSA) is 17.1 Å². The Morgan fingerprint density at radius 3 is 1.60 bits per heavy atom. The van der Waals surface area contributed by atoms with Crippen LogP contribution in [0.25, 0.3) is 0 Å². The van der Waals surface area contributed by atoms with Gasteiger partial charge in [0.2, 0.25) is 0 Å². The first-order valence-electron chi connectivity index (χ1n) is 1.97. The van der Waals surface area contributed by atoms with Crippen LogP contribution >= 0.6 is 46.4 Å². The molecule has 0 aliphatic heterocycles. The molecule has 0 atom stereocenters. The molecule has 0 aromatic heterocycles. The van der Waals surface area contributed by atoms with E-state index in [2.05, 4.69) is 0 Å². The van der Waals surface area contributed by atoms with Crippen LogP contribution in [0.4, 0.5) is 0 Å². The molecule has 10 heavy (non-hydrogen) atoms. The normalized spacial score (nSPS) is 14.5. The standard InChI is InChI=1S/C4H2Cl4OS/c5-1-3(7)10(9)4(8)2-6/h1-2H/b3-1+,4-2+. The molecule has 58 valence electrons. The third kappa shape index (κ3) is 3.26. The molecule has 0 aliphatic rings. The Morgan fingerprint density at radius 1 is 1.10 bits per heavy atom. The zero-order chi connectivity index (χ0) is 8.15. The Hall–Kier alpha value is 0.790. The van der Waals surface area contributed by atoms with Crippen molar-refractivity contribution in [2.75, 3.05) is 0 Å². The molecule has 0 rings (SSSR count). The predicted molar refractivity (Wildman–Crippen MR) is 47.7 cm³/mol. The van der Waals surface area contributed by atoms with Crippen molar-refractivity contribution in [1.29, 1.82) is 0 Å². The van der Waals surface area contributed by atoms with Gasteiger partial charge in [-0.1, -0.05) is 46.4 Å². The number of hydrogen-bond donors (Lipinski definition) is 0. The fourth-order valence-electron chi connectivity index (χ4n) is 0.174. The molecule has 0 saturated heterocycles. The first kappa shape index (κ1) is 10.8. The van der Waals surface area contributed by atoms with Crippen LogP contribution in [0.1, 0.15) is 0 Å². The molecule has 0 amide bonds. The quantitative estimate of drug-likeness (QED) is 0.723. The van der Waals surface area contributed by atoms with E-state index < -0.39 is 10.8 Å². The van der Waals surface area contributed by atoms with Gasteiger partial charge < -0.3 is 0 Å². The van der Waals surface area contributed by atoms with Crippen molar-refractivity contribution in [2.24, 2.45) is 0 Å². The van der Waals surface area contributed by atoms with E-state index in [-0.39, 0.29) is 8.73 Å². The van der Waals surface area contributed by atoms with E-state index in [1.54, 1.807) is 0 Å². The second-order valence-electron chi connectivity index (χ2n) is 1.10. The zero-order valence-electron chi connectivity index (χ0n) is 4.48. The Labute approximate surface area is 81.0 Å². The van der Waals surface area contributed by atoms with Crippen molar-refractivity contribution in [3.05, 3.63) is 19.8 Å². The van der Waals surface area contributed by atoms with Gasteiger partial charge in [-0.15, -0.1) is 0 Å². The van der Waals surface area contributed by atoms with Gasteiger partial charge in [0.05, 0.1) is 0 Å². The molecule has 0 aromatic rings. The van der Waals surface area contributed by atoms with Gasteiger partial charge in [-0.05, 0) is 0 Å². The predicted octanol–water partition coefficient (Wildman–Crippen LogP) is 3.29. The fourth-order valence-corrected chi connectivity index (χ4v) is 1.62. The first-order chi connectivity index (χ1) is 4.63. The molecule has 6 heteroatoms. The minimum atomic E-state index is -1.62. The van der Waals surface area contributed by atoms with E-state index in [9.17, 15) is 4.21 Å². The van der Waals surface area contributed by atoms with Gasteiger partial charge >= 0.3 is 0 Å². The molecule has 0 spiro atoms. The lowest BCUT2D eigenvalue weighted by molar-refractivity contribution is 0.692. The Kier molecular flexibility index (Phi) is 5.87. The van der Waals surface area contributed by atoms with Crippen LogP contribution in [0.15, 0.2) is 19.8 Å². The van der Waals surface area contributed by atoms with E-state index in [1.165, 1.54) is 0 Å². The van der Waals surface area contributed by atoms with Crippen LogP contribution in [-0.4, -0.2) is 4.21 Å². The average molecular weight is 240 g/mol. The third-order valence-electron chi connectivity index (χ3n) is 0.526. The van der Waals surface area contributed by atoms with Crippen LogP contribution in [0.5, 0.6) is 0 Å². The summed E-state index contributed by atoms with van der Waals surface area (Å²) in [4.78, 5) is 0. The second kappa shape index (κ2) is 5.44. The molecule has 0 unspecified atom stereocenters. The van der Waals surface area contributed by atoms with Gasteiger partial charge in [-0.25, -0.2) is 4.21 Å². The summed E-state index contributed by atoms with van der Waals surface area (Å²) in [7, 11) is -1.62. The molecule has 0 aromatic carbocycles.